The Labute approximate surface area is 117 Å². The van der Waals surface area contributed by atoms with Gasteiger partial charge in [-0.15, -0.1) is 0 Å². The summed E-state index contributed by atoms with van der Waals surface area (Å²) in [6, 6.07) is 3.56. The summed E-state index contributed by atoms with van der Waals surface area (Å²) in [5.74, 6) is -1.07. The van der Waals surface area contributed by atoms with Crippen LogP contribution < -0.4 is 16.4 Å². The molecule has 5 nitrogen and oxygen atoms in total. The lowest BCUT2D eigenvalue weighted by atomic mass is 10.1. The summed E-state index contributed by atoms with van der Waals surface area (Å²) >= 11 is 0. The molecule has 0 bridgehead atoms. The number of anilines is 1. The van der Waals surface area contributed by atoms with Gasteiger partial charge < -0.3 is 16.4 Å². The summed E-state index contributed by atoms with van der Waals surface area (Å²) in [7, 11) is 0. The Kier molecular flexibility index (Phi) is 5.07. The molecule has 0 saturated carbocycles. The summed E-state index contributed by atoms with van der Waals surface area (Å²) in [4.78, 5) is 23.3. The van der Waals surface area contributed by atoms with Crippen LogP contribution in [-0.4, -0.2) is 23.9 Å². The minimum Gasteiger partial charge on any atom is -0.398 e. The van der Waals surface area contributed by atoms with E-state index in [1.54, 1.807) is 0 Å². The summed E-state index contributed by atoms with van der Waals surface area (Å²) in [5, 5.41) is 5.36. The minimum atomic E-state index is -0.497. The Bertz CT molecular complexity index is 510. The third-order valence-corrected chi connectivity index (χ3v) is 2.41. The highest BCUT2D eigenvalue weighted by molar-refractivity contribution is 5.99. The van der Waals surface area contributed by atoms with E-state index in [2.05, 4.69) is 10.6 Å². The Hall–Kier alpha value is -2.11. The molecule has 0 atom stereocenters. The molecule has 0 heterocycles. The number of rotatable bonds is 4. The van der Waals surface area contributed by atoms with Crippen LogP contribution in [0.15, 0.2) is 18.2 Å². The quantitative estimate of drug-likeness (QED) is 0.730. The van der Waals surface area contributed by atoms with Crippen LogP contribution >= 0.6 is 0 Å². The van der Waals surface area contributed by atoms with Crippen molar-refractivity contribution < 1.29 is 14.0 Å². The molecule has 20 heavy (non-hydrogen) atoms. The number of nitrogens with one attached hydrogen (secondary N) is 2. The van der Waals surface area contributed by atoms with Gasteiger partial charge in [0.25, 0.3) is 5.91 Å². The zero-order valence-corrected chi connectivity index (χ0v) is 11.9. The van der Waals surface area contributed by atoms with Gasteiger partial charge in [0, 0.05) is 24.2 Å². The van der Waals surface area contributed by atoms with E-state index in [-0.39, 0.29) is 35.7 Å². The number of halogens is 1. The maximum atomic E-state index is 12.9. The number of nitrogens with two attached hydrogens (primary N) is 1. The second kappa shape index (κ2) is 6.36. The molecule has 110 valence electrons. The van der Waals surface area contributed by atoms with Crippen molar-refractivity contribution in [3.8, 4) is 0 Å². The van der Waals surface area contributed by atoms with Gasteiger partial charge in [0.2, 0.25) is 5.91 Å². The average molecular weight is 281 g/mol. The average Bonchev–Trinajstić information content (AvgIpc) is 2.25. The van der Waals surface area contributed by atoms with Gasteiger partial charge in [0.05, 0.1) is 5.56 Å². The number of carbonyl (C=O) groups is 2. The van der Waals surface area contributed by atoms with Gasteiger partial charge in [-0.05, 0) is 39.0 Å². The maximum Gasteiger partial charge on any atom is 0.253 e. The number of carbonyl (C=O) groups excluding carboxylic acids is 2. The van der Waals surface area contributed by atoms with Crippen LogP contribution in [0.3, 0.4) is 0 Å². The van der Waals surface area contributed by atoms with E-state index < -0.39 is 11.7 Å². The largest absolute Gasteiger partial charge is 0.398 e. The van der Waals surface area contributed by atoms with Gasteiger partial charge in [0.15, 0.2) is 0 Å². The SMILES string of the molecule is CC(C)(C)NC(=O)CCNC(=O)c1ccc(F)cc1N. The molecule has 0 aliphatic rings. The number of hydrogen-bond donors (Lipinski definition) is 3. The van der Waals surface area contributed by atoms with Gasteiger partial charge in [-0.25, -0.2) is 4.39 Å². The second-order valence-electron chi connectivity index (χ2n) is 5.54. The van der Waals surface area contributed by atoms with Crippen molar-refractivity contribution in [2.75, 3.05) is 12.3 Å². The first-order valence-electron chi connectivity index (χ1n) is 6.33. The Morgan fingerprint density at radius 1 is 1.30 bits per heavy atom. The molecule has 4 N–H and O–H groups in total. The lowest BCUT2D eigenvalue weighted by molar-refractivity contribution is -0.122. The summed E-state index contributed by atoms with van der Waals surface area (Å²) < 4.78 is 12.9. The Morgan fingerprint density at radius 2 is 1.95 bits per heavy atom. The van der Waals surface area contributed by atoms with Crippen molar-refractivity contribution in [3.05, 3.63) is 29.6 Å². The Balaban J connectivity index is 2.46. The van der Waals surface area contributed by atoms with Crippen molar-refractivity contribution >= 4 is 17.5 Å². The molecule has 0 aliphatic carbocycles. The molecule has 0 unspecified atom stereocenters. The predicted molar refractivity (Wildman–Crippen MR) is 75.7 cm³/mol. The number of amides is 2. The van der Waals surface area contributed by atoms with Gasteiger partial charge in [0.1, 0.15) is 5.82 Å². The van der Waals surface area contributed by atoms with Gasteiger partial charge in [-0.3, -0.25) is 9.59 Å². The molecule has 0 saturated heterocycles. The van der Waals surface area contributed by atoms with E-state index in [1.165, 1.54) is 6.07 Å². The normalized spacial score (nSPS) is 11.0. The second-order valence-corrected chi connectivity index (χ2v) is 5.54. The third-order valence-electron chi connectivity index (χ3n) is 2.41. The first-order valence-corrected chi connectivity index (χ1v) is 6.33. The van der Waals surface area contributed by atoms with E-state index in [4.69, 9.17) is 5.73 Å². The van der Waals surface area contributed by atoms with Crippen LogP contribution in [0.25, 0.3) is 0 Å². The van der Waals surface area contributed by atoms with Crippen molar-refractivity contribution in [1.82, 2.24) is 10.6 Å². The highest BCUT2D eigenvalue weighted by Crippen LogP contribution is 2.13. The summed E-state index contributed by atoms with van der Waals surface area (Å²) in [5.41, 5.74) is 5.52. The number of nitrogen functional groups attached to an aromatic ring is 1. The first-order chi connectivity index (χ1) is 9.19. The van der Waals surface area contributed by atoms with Crippen molar-refractivity contribution in [3.63, 3.8) is 0 Å². The number of benzene rings is 1. The van der Waals surface area contributed by atoms with E-state index >= 15 is 0 Å². The minimum absolute atomic E-state index is 0.0710. The summed E-state index contributed by atoms with van der Waals surface area (Å²) in [6.07, 6.45) is 0.171. The molecule has 0 aromatic heterocycles. The van der Waals surface area contributed by atoms with Gasteiger partial charge >= 0.3 is 0 Å². The van der Waals surface area contributed by atoms with Crippen molar-refractivity contribution in [2.24, 2.45) is 0 Å². The molecule has 2 amide bonds. The van der Waals surface area contributed by atoms with E-state index in [0.29, 0.717) is 0 Å². The molecule has 0 aliphatic heterocycles. The van der Waals surface area contributed by atoms with Crippen LogP contribution in [0.4, 0.5) is 10.1 Å². The van der Waals surface area contributed by atoms with Crippen LogP contribution in [-0.2, 0) is 4.79 Å². The molecular formula is C14H20FN3O2. The number of hydrogen-bond acceptors (Lipinski definition) is 3. The molecule has 0 spiro atoms. The van der Waals surface area contributed by atoms with Crippen molar-refractivity contribution in [1.29, 1.82) is 0 Å². The van der Waals surface area contributed by atoms with Crippen LogP contribution in [0.1, 0.15) is 37.6 Å². The zero-order valence-electron chi connectivity index (χ0n) is 11.9. The zero-order chi connectivity index (χ0) is 15.3. The molecule has 0 fully saturated rings. The lowest BCUT2D eigenvalue weighted by Crippen LogP contribution is -2.42. The van der Waals surface area contributed by atoms with Crippen LogP contribution in [0.5, 0.6) is 0 Å². The van der Waals surface area contributed by atoms with Crippen LogP contribution in [0, 0.1) is 5.82 Å². The van der Waals surface area contributed by atoms with Gasteiger partial charge in [-0.1, -0.05) is 0 Å². The fraction of sp³-hybridized carbons (Fsp3) is 0.429. The topological polar surface area (TPSA) is 84.2 Å². The highest BCUT2D eigenvalue weighted by Gasteiger charge is 2.14. The Morgan fingerprint density at radius 3 is 2.50 bits per heavy atom. The fourth-order valence-electron chi connectivity index (χ4n) is 1.61. The highest BCUT2D eigenvalue weighted by atomic mass is 19.1. The van der Waals surface area contributed by atoms with E-state index in [9.17, 15) is 14.0 Å². The molecule has 1 aromatic carbocycles. The van der Waals surface area contributed by atoms with E-state index in [0.717, 1.165) is 12.1 Å². The fourth-order valence-corrected chi connectivity index (χ4v) is 1.61. The molecule has 6 heteroatoms. The monoisotopic (exact) mass is 281 g/mol. The third kappa shape index (κ3) is 5.26. The smallest absolute Gasteiger partial charge is 0.253 e. The maximum absolute atomic E-state index is 12.9. The van der Waals surface area contributed by atoms with Crippen molar-refractivity contribution in [2.45, 2.75) is 32.7 Å². The van der Waals surface area contributed by atoms with E-state index in [1.807, 2.05) is 20.8 Å². The molecule has 1 rings (SSSR count). The molecule has 1 aromatic rings. The lowest BCUT2D eigenvalue weighted by Gasteiger charge is -2.20. The summed E-state index contributed by atoms with van der Waals surface area (Å²) in [6.45, 7) is 5.83. The van der Waals surface area contributed by atoms with Gasteiger partial charge in [-0.2, -0.15) is 0 Å². The first kappa shape index (κ1) is 15.9. The molecular weight excluding hydrogens is 261 g/mol. The molecule has 0 radical (unpaired) electrons. The van der Waals surface area contributed by atoms with Crippen LogP contribution in [0.2, 0.25) is 0 Å². The predicted octanol–water partition coefficient (Wildman–Crippen LogP) is 1.44. The standard InChI is InChI=1S/C14H20FN3O2/c1-14(2,3)18-12(19)6-7-17-13(20)10-5-4-9(15)8-11(10)16/h4-5,8H,6-7,16H2,1-3H3,(H,17,20)(H,18,19).